The minimum Gasteiger partial charge on any atom is -0.374 e. The number of urea groups is 1. The van der Waals surface area contributed by atoms with Gasteiger partial charge in [0.2, 0.25) is 0 Å². The molecule has 2 N–H and O–H groups in total. The van der Waals surface area contributed by atoms with Crippen molar-refractivity contribution in [3.63, 3.8) is 0 Å². The third kappa shape index (κ3) is 4.64. The molecule has 0 bridgehead atoms. The number of benzene rings is 1. The largest absolute Gasteiger partial charge is 0.374 e. The lowest BCUT2D eigenvalue weighted by atomic mass is 9.90. The van der Waals surface area contributed by atoms with E-state index in [1.165, 1.54) is 16.9 Å². The van der Waals surface area contributed by atoms with Crippen LogP contribution >= 0.6 is 11.8 Å². The van der Waals surface area contributed by atoms with E-state index < -0.39 is 0 Å². The van der Waals surface area contributed by atoms with Gasteiger partial charge in [0, 0.05) is 24.9 Å². The van der Waals surface area contributed by atoms with Gasteiger partial charge in [0.25, 0.3) is 0 Å². The van der Waals surface area contributed by atoms with Gasteiger partial charge in [-0.1, -0.05) is 29.8 Å². The van der Waals surface area contributed by atoms with Crippen LogP contribution in [0.4, 0.5) is 4.79 Å². The molecule has 23 heavy (non-hydrogen) atoms. The molecule has 1 aromatic carbocycles. The van der Waals surface area contributed by atoms with Crippen LogP contribution in [0.1, 0.15) is 30.4 Å². The van der Waals surface area contributed by atoms with Gasteiger partial charge in [-0.2, -0.15) is 11.8 Å². The molecule has 2 saturated heterocycles. The Labute approximate surface area is 142 Å². The molecule has 0 radical (unpaired) electrons. The second kappa shape index (κ2) is 7.58. The number of aryl methyl sites for hydroxylation is 1. The first-order valence-corrected chi connectivity index (χ1v) is 9.62. The summed E-state index contributed by atoms with van der Waals surface area (Å²) in [6.45, 7) is 3.51. The molecule has 0 unspecified atom stereocenters. The van der Waals surface area contributed by atoms with Gasteiger partial charge in [-0.3, -0.25) is 0 Å². The first-order chi connectivity index (χ1) is 11.2. The summed E-state index contributed by atoms with van der Waals surface area (Å²) in [5.74, 6) is 2.25. The summed E-state index contributed by atoms with van der Waals surface area (Å²) in [6.07, 6.45) is 3.84. The zero-order chi connectivity index (χ0) is 16.1. The third-order valence-corrected chi connectivity index (χ3v) is 5.94. The molecule has 0 aliphatic carbocycles. The van der Waals surface area contributed by atoms with Crippen LogP contribution in [0.5, 0.6) is 0 Å². The summed E-state index contributed by atoms with van der Waals surface area (Å²) in [5.41, 5.74) is 2.53. The predicted molar refractivity (Wildman–Crippen MR) is 95.1 cm³/mol. The van der Waals surface area contributed by atoms with Gasteiger partial charge >= 0.3 is 6.03 Å². The quantitative estimate of drug-likeness (QED) is 0.890. The molecular formula is C18H26N2O2S. The molecule has 5 heteroatoms. The summed E-state index contributed by atoms with van der Waals surface area (Å²) in [5, 5.41) is 6.10. The summed E-state index contributed by atoms with van der Waals surface area (Å²) in [4.78, 5) is 12.1. The van der Waals surface area contributed by atoms with Gasteiger partial charge in [0.05, 0.1) is 5.60 Å². The normalized spacial score (nSPS) is 27.1. The van der Waals surface area contributed by atoms with Crippen molar-refractivity contribution in [2.24, 2.45) is 0 Å². The first kappa shape index (κ1) is 16.7. The van der Waals surface area contributed by atoms with Crippen LogP contribution in [0.3, 0.4) is 0 Å². The van der Waals surface area contributed by atoms with E-state index in [0.717, 1.165) is 38.0 Å². The number of rotatable bonds is 4. The first-order valence-electron chi connectivity index (χ1n) is 8.47. The summed E-state index contributed by atoms with van der Waals surface area (Å²) in [7, 11) is 0. The van der Waals surface area contributed by atoms with E-state index in [2.05, 4.69) is 41.8 Å². The molecule has 126 valence electrons. The molecule has 2 atom stereocenters. The second-order valence-electron chi connectivity index (χ2n) is 6.66. The molecule has 2 heterocycles. The van der Waals surface area contributed by atoms with Gasteiger partial charge in [0.1, 0.15) is 0 Å². The Hall–Kier alpha value is -1.20. The minimum absolute atomic E-state index is 0.0166. The summed E-state index contributed by atoms with van der Waals surface area (Å²) < 4.78 is 5.99. The monoisotopic (exact) mass is 334 g/mol. The lowest BCUT2D eigenvalue weighted by Crippen LogP contribution is -2.51. The lowest BCUT2D eigenvalue weighted by Gasteiger charge is -2.37. The number of nitrogens with one attached hydrogen (secondary N) is 2. The van der Waals surface area contributed by atoms with Crippen molar-refractivity contribution in [2.45, 2.75) is 44.2 Å². The smallest absolute Gasteiger partial charge is 0.315 e. The lowest BCUT2D eigenvalue weighted by molar-refractivity contribution is -0.0684. The van der Waals surface area contributed by atoms with Crippen molar-refractivity contribution in [3.8, 4) is 0 Å². The fourth-order valence-corrected chi connectivity index (χ4v) is 4.70. The molecule has 1 spiro atoms. The van der Waals surface area contributed by atoms with Crippen molar-refractivity contribution in [3.05, 3.63) is 35.4 Å². The highest BCUT2D eigenvalue weighted by Crippen LogP contribution is 2.38. The maximum atomic E-state index is 12.1. The molecular weight excluding hydrogens is 308 g/mol. The second-order valence-corrected chi connectivity index (χ2v) is 7.76. The molecule has 2 fully saturated rings. The number of hydrogen-bond acceptors (Lipinski definition) is 3. The average Bonchev–Trinajstić information content (AvgIpc) is 2.97. The standard InChI is InChI=1S/C18H26N2O2S/c1-14-2-4-15(5-3-14)6-9-19-17(21)20-16-7-10-22-18(12-16)8-11-23-13-18/h2-5,16H,6-13H2,1H3,(H2,19,20,21)/t16-,18-/m0/s1. The van der Waals surface area contributed by atoms with Crippen molar-refractivity contribution in [2.75, 3.05) is 24.7 Å². The van der Waals surface area contributed by atoms with Gasteiger partial charge in [0.15, 0.2) is 0 Å². The molecule has 4 nitrogen and oxygen atoms in total. The van der Waals surface area contributed by atoms with Crippen molar-refractivity contribution in [1.82, 2.24) is 10.6 Å². The topological polar surface area (TPSA) is 50.4 Å². The van der Waals surface area contributed by atoms with Crippen molar-refractivity contribution in [1.29, 1.82) is 0 Å². The van der Waals surface area contributed by atoms with Crippen LogP contribution in [-0.4, -0.2) is 42.3 Å². The van der Waals surface area contributed by atoms with Gasteiger partial charge in [-0.25, -0.2) is 4.79 Å². The number of hydrogen-bond donors (Lipinski definition) is 2. The van der Waals surface area contributed by atoms with Crippen LogP contribution < -0.4 is 10.6 Å². The Morgan fingerprint density at radius 3 is 2.96 bits per heavy atom. The van der Waals surface area contributed by atoms with Gasteiger partial charge < -0.3 is 15.4 Å². The number of carbonyl (C=O) groups is 1. The molecule has 0 saturated carbocycles. The molecule has 2 aliphatic rings. The Morgan fingerprint density at radius 2 is 2.22 bits per heavy atom. The van der Waals surface area contributed by atoms with E-state index in [1.807, 2.05) is 11.8 Å². The number of ether oxygens (including phenoxy) is 1. The van der Waals surface area contributed by atoms with E-state index in [-0.39, 0.29) is 17.7 Å². The van der Waals surface area contributed by atoms with E-state index in [1.54, 1.807) is 0 Å². The van der Waals surface area contributed by atoms with Crippen LogP contribution in [-0.2, 0) is 11.2 Å². The maximum absolute atomic E-state index is 12.1. The molecule has 2 amide bonds. The van der Waals surface area contributed by atoms with E-state index in [0.29, 0.717) is 6.54 Å². The van der Waals surface area contributed by atoms with Crippen LogP contribution in [0.15, 0.2) is 24.3 Å². The molecule has 2 aliphatic heterocycles. The summed E-state index contributed by atoms with van der Waals surface area (Å²) >= 11 is 1.96. The Balaban J connectivity index is 1.39. The highest BCUT2D eigenvalue weighted by Gasteiger charge is 2.40. The third-order valence-electron chi connectivity index (χ3n) is 4.72. The zero-order valence-electron chi connectivity index (χ0n) is 13.8. The SMILES string of the molecule is Cc1ccc(CCNC(=O)N[C@H]2CCO[C@@]3(CCSC3)C2)cc1. The number of thioether (sulfide) groups is 1. The fraction of sp³-hybridized carbons (Fsp3) is 0.611. The van der Waals surface area contributed by atoms with Crippen molar-refractivity contribution >= 4 is 17.8 Å². The van der Waals surface area contributed by atoms with E-state index >= 15 is 0 Å². The zero-order valence-corrected chi connectivity index (χ0v) is 14.6. The Bertz CT molecular complexity index is 526. The van der Waals surface area contributed by atoms with E-state index in [4.69, 9.17) is 4.74 Å². The maximum Gasteiger partial charge on any atom is 0.315 e. The van der Waals surface area contributed by atoms with Crippen LogP contribution in [0, 0.1) is 6.92 Å². The number of amides is 2. The van der Waals surface area contributed by atoms with Gasteiger partial charge in [-0.05, 0) is 43.9 Å². The van der Waals surface area contributed by atoms with E-state index in [9.17, 15) is 4.79 Å². The van der Waals surface area contributed by atoms with Crippen LogP contribution in [0.2, 0.25) is 0 Å². The Morgan fingerprint density at radius 1 is 1.39 bits per heavy atom. The van der Waals surface area contributed by atoms with Crippen molar-refractivity contribution < 1.29 is 9.53 Å². The molecule has 1 aromatic rings. The molecule has 0 aromatic heterocycles. The average molecular weight is 334 g/mol. The predicted octanol–water partition coefficient (Wildman–Crippen LogP) is 2.89. The highest BCUT2D eigenvalue weighted by molar-refractivity contribution is 7.99. The highest BCUT2D eigenvalue weighted by atomic mass is 32.2. The fourth-order valence-electron chi connectivity index (χ4n) is 3.33. The molecule has 3 rings (SSSR count). The minimum atomic E-state index is -0.0511. The Kier molecular flexibility index (Phi) is 5.49. The number of carbonyl (C=O) groups excluding carboxylic acids is 1. The van der Waals surface area contributed by atoms with Gasteiger partial charge in [-0.15, -0.1) is 0 Å². The summed E-state index contributed by atoms with van der Waals surface area (Å²) in [6, 6.07) is 8.64. The van der Waals surface area contributed by atoms with Crippen LogP contribution in [0.25, 0.3) is 0 Å².